The Hall–Kier alpha value is -1.02. The highest BCUT2D eigenvalue weighted by atomic mass is 35.5. The fraction of sp³-hybridized carbons (Fsp3) is 0. The fourth-order valence-electron chi connectivity index (χ4n) is 0.642. The molecular formula is C7H4ClNO. The summed E-state index contributed by atoms with van der Waals surface area (Å²) in [6.45, 7) is 0. The van der Waals surface area contributed by atoms with Gasteiger partial charge in [0.1, 0.15) is 5.52 Å². The number of hydrogen-bond acceptors (Lipinski definition) is 2. The van der Waals surface area contributed by atoms with Crippen molar-refractivity contribution in [2.75, 3.05) is 0 Å². The maximum Gasteiger partial charge on any atom is 0.293 e. The van der Waals surface area contributed by atoms with Gasteiger partial charge in [-0.3, -0.25) is 0 Å². The lowest BCUT2D eigenvalue weighted by atomic mass is 10.3. The van der Waals surface area contributed by atoms with E-state index >= 15 is 0 Å². The van der Waals surface area contributed by atoms with E-state index in [-0.39, 0.29) is 40.6 Å². The molecular weight excluding hydrogens is 150 g/mol. The minimum absolute atomic E-state index is 0.0130. The Morgan fingerprint density at radius 2 is 2.30 bits per heavy atom. The molecule has 0 aliphatic rings. The van der Waals surface area contributed by atoms with E-state index < -0.39 is 0 Å². The first-order chi connectivity index (χ1) is 6.52. The number of rotatable bonds is 0. The minimum atomic E-state index is -0.352. The quantitative estimate of drug-likeness (QED) is 0.587. The standard InChI is InChI=1S/C7H4ClNO/c8-7-9-5-3-1-2-4-6(5)10-7/h1-4H/i1D,2D,3D,4D. The zero-order valence-corrected chi connectivity index (χ0v) is 5.49. The number of benzene rings is 1. The van der Waals surface area contributed by atoms with Crippen molar-refractivity contribution in [2.24, 2.45) is 0 Å². The third-order valence-electron chi connectivity index (χ3n) is 1.02. The van der Waals surface area contributed by atoms with Crippen LogP contribution in [0.15, 0.2) is 28.6 Å². The van der Waals surface area contributed by atoms with Gasteiger partial charge in [-0.15, -0.1) is 0 Å². The summed E-state index contributed by atoms with van der Waals surface area (Å²) in [7, 11) is 0. The Morgan fingerprint density at radius 1 is 1.50 bits per heavy atom. The second kappa shape index (κ2) is 1.99. The lowest BCUT2D eigenvalue weighted by molar-refractivity contribution is 0.604. The summed E-state index contributed by atoms with van der Waals surface area (Å²) in [5.41, 5.74) is 0.0435. The van der Waals surface area contributed by atoms with Crippen LogP contribution in [-0.4, -0.2) is 4.98 Å². The molecule has 0 aliphatic carbocycles. The molecule has 2 nitrogen and oxygen atoms in total. The summed E-state index contributed by atoms with van der Waals surface area (Å²) < 4.78 is 34.5. The molecule has 0 amide bonds. The number of oxazole rings is 1. The molecule has 2 aromatic rings. The molecule has 1 aromatic carbocycles. The maximum atomic E-state index is 7.47. The van der Waals surface area contributed by atoms with Gasteiger partial charge in [0.25, 0.3) is 5.35 Å². The number of halogens is 1. The summed E-state index contributed by atoms with van der Waals surface area (Å²) >= 11 is 5.46. The summed E-state index contributed by atoms with van der Waals surface area (Å²) in [5.74, 6) is 0. The average molecular weight is 158 g/mol. The van der Waals surface area contributed by atoms with Gasteiger partial charge in [-0.05, 0) is 23.7 Å². The lowest BCUT2D eigenvalue weighted by Crippen LogP contribution is -1.62. The number of para-hydroxylation sites is 2. The molecule has 50 valence electrons. The molecule has 0 spiro atoms. The summed E-state index contributed by atoms with van der Waals surface area (Å²) in [6, 6.07) is -1.19. The zero-order chi connectivity index (χ0) is 10.5. The van der Waals surface area contributed by atoms with Gasteiger partial charge in [0.15, 0.2) is 5.58 Å². The van der Waals surface area contributed by atoms with Gasteiger partial charge in [-0.2, -0.15) is 4.98 Å². The van der Waals surface area contributed by atoms with Crippen LogP contribution in [-0.2, 0) is 0 Å². The third-order valence-corrected chi connectivity index (χ3v) is 1.18. The maximum absolute atomic E-state index is 7.47. The van der Waals surface area contributed by atoms with E-state index in [4.69, 9.17) is 21.5 Å². The van der Waals surface area contributed by atoms with Crippen molar-refractivity contribution in [3.63, 3.8) is 0 Å². The molecule has 0 radical (unpaired) electrons. The number of aromatic nitrogens is 1. The van der Waals surface area contributed by atoms with Gasteiger partial charge in [0.05, 0.1) is 5.48 Å². The summed E-state index contributed by atoms with van der Waals surface area (Å²) in [6.07, 6.45) is 0. The Balaban J connectivity index is 3.01. The van der Waals surface area contributed by atoms with E-state index in [2.05, 4.69) is 4.98 Å². The van der Waals surface area contributed by atoms with Crippen molar-refractivity contribution in [3.05, 3.63) is 29.5 Å². The molecule has 3 heteroatoms. The Bertz CT molecular complexity index is 479. The summed E-state index contributed by atoms with van der Waals surface area (Å²) in [4.78, 5) is 3.66. The van der Waals surface area contributed by atoms with Crippen LogP contribution < -0.4 is 0 Å². The molecule has 2 rings (SSSR count). The number of fused-ring (bicyclic) bond motifs is 1. The largest absolute Gasteiger partial charge is 0.428 e. The topological polar surface area (TPSA) is 26.0 Å². The second-order valence-corrected chi connectivity index (χ2v) is 1.97. The molecule has 1 aromatic heterocycles. The van der Waals surface area contributed by atoms with Crippen LogP contribution in [0.2, 0.25) is 5.35 Å². The van der Waals surface area contributed by atoms with Gasteiger partial charge < -0.3 is 4.42 Å². The van der Waals surface area contributed by atoms with E-state index in [0.717, 1.165) is 0 Å². The molecule has 0 aliphatic heterocycles. The van der Waals surface area contributed by atoms with E-state index in [0.29, 0.717) is 0 Å². The third kappa shape index (κ3) is 0.772. The van der Waals surface area contributed by atoms with Gasteiger partial charge in [0, 0.05) is 0 Å². The molecule has 0 unspecified atom stereocenters. The Morgan fingerprint density at radius 3 is 3.20 bits per heavy atom. The highest BCUT2D eigenvalue weighted by Gasteiger charge is 1.99. The Kier molecular flexibility index (Phi) is 0.582. The fourth-order valence-corrected chi connectivity index (χ4v) is 0.804. The smallest absolute Gasteiger partial charge is 0.293 e. The van der Waals surface area contributed by atoms with Crippen molar-refractivity contribution >= 4 is 22.7 Å². The van der Waals surface area contributed by atoms with Gasteiger partial charge >= 0.3 is 0 Å². The minimum Gasteiger partial charge on any atom is -0.428 e. The molecule has 0 bridgehead atoms. The summed E-state index contributed by atoms with van der Waals surface area (Å²) in [5, 5.41) is -0.188. The van der Waals surface area contributed by atoms with Crippen molar-refractivity contribution in [1.29, 1.82) is 0 Å². The molecule has 1 heterocycles. The molecule has 0 fully saturated rings. The van der Waals surface area contributed by atoms with E-state index in [1.54, 1.807) is 0 Å². The zero-order valence-electron chi connectivity index (χ0n) is 8.73. The van der Waals surface area contributed by atoms with Crippen LogP contribution in [0.3, 0.4) is 0 Å². The van der Waals surface area contributed by atoms with Gasteiger partial charge in [0.2, 0.25) is 0 Å². The van der Waals surface area contributed by atoms with E-state index in [9.17, 15) is 0 Å². The normalized spacial score (nSPS) is 16.1. The second-order valence-electron chi connectivity index (χ2n) is 1.64. The van der Waals surface area contributed by atoms with Crippen molar-refractivity contribution in [2.45, 2.75) is 0 Å². The predicted octanol–water partition coefficient (Wildman–Crippen LogP) is 2.48. The van der Waals surface area contributed by atoms with Crippen LogP contribution in [0.1, 0.15) is 5.48 Å². The molecule has 0 saturated carbocycles. The van der Waals surface area contributed by atoms with Gasteiger partial charge in [-0.1, -0.05) is 12.1 Å². The SMILES string of the molecule is [2H]c1c([2H])c([2H])c2oc(Cl)nc2c1[2H]. The van der Waals surface area contributed by atoms with Crippen LogP contribution in [0.25, 0.3) is 11.1 Å². The van der Waals surface area contributed by atoms with E-state index in [1.807, 2.05) is 0 Å². The Labute approximate surface area is 68.1 Å². The molecule has 10 heavy (non-hydrogen) atoms. The lowest BCUT2D eigenvalue weighted by Gasteiger charge is -1.79. The predicted molar refractivity (Wildman–Crippen MR) is 39.0 cm³/mol. The number of nitrogens with zero attached hydrogens (tertiary/aromatic N) is 1. The van der Waals surface area contributed by atoms with Crippen molar-refractivity contribution in [1.82, 2.24) is 4.98 Å². The van der Waals surface area contributed by atoms with Crippen LogP contribution in [0.4, 0.5) is 0 Å². The highest BCUT2D eigenvalue weighted by molar-refractivity contribution is 6.28. The first-order valence-electron chi connectivity index (χ1n) is 4.54. The van der Waals surface area contributed by atoms with Crippen LogP contribution in [0, 0.1) is 0 Å². The monoisotopic (exact) mass is 157 g/mol. The first-order valence-corrected chi connectivity index (χ1v) is 2.92. The number of hydrogen-bond donors (Lipinski definition) is 0. The van der Waals surface area contributed by atoms with Crippen molar-refractivity contribution < 1.29 is 9.90 Å². The van der Waals surface area contributed by atoms with Crippen molar-refractivity contribution in [3.8, 4) is 0 Å². The first kappa shape index (κ1) is 2.93. The van der Waals surface area contributed by atoms with Crippen LogP contribution in [0.5, 0.6) is 0 Å². The molecule has 0 atom stereocenters. The van der Waals surface area contributed by atoms with Gasteiger partial charge in [-0.25, -0.2) is 0 Å². The molecule has 0 saturated heterocycles. The van der Waals surface area contributed by atoms with Crippen LogP contribution >= 0.6 is 11.6 Å². The molecule has 0 N–H and O–H groups in total. The van der Waals surface area contributed by atoms with E-state index in [1.165, 1.54) is 0 Å². The highest BCUT2D eigenvalue weighted by Crippen LogP contribution is 2.17. The average Bonchev–Trinajstić information content (AvgIpc) is 2.54.